The highest BCUT2D eigenvalue weighted by atomic mass is 35.5. The van der Waals surface area contributed by atoms with E-state index in [2.05, 4.69) is 0 Å². The molecule has 2 aliphatic carbocycles. The molecule has 3 atom stereocenters. The molecule has 0 N–H and O–H groups in total. The smallest absolute Gasteiger partial charge is 0.162 e. The summed E-state index contributed by atoms with van der Waals surface area (Å²) >= 11 is 13.2. The van der Waals surface area contributed by atoms with Crippen molar-refractivity contribution < 1.29 is 9.47 Å². The van der Waals surface area contributed by atoms with E-state index in [-0.39, 0.29) is 5.38 Å². The molecule has 0 heterocycles. The molecule has 0 radical (unpaired) electrons. The number of fused-ring (bicyclic) bond motifs is 1. The number of hydrogen-bond acceptors (Lipinski definition) is 2. The molecule has 116 valence electrons. The van der Waals surface area contributed by atoms with Crippen LogP contribution in [0.2, 0.25) is 5.02 Å². The standard InChI is InChI=1S/C17H22Cl2O2/c1-3-20-15-8-13(14(18)9-16(15)21-4-2)17(19)12-6-10-5-11(10)7-12/h8-12,17H,3-7H2,1-2H3. The summed E-state index contributed by atoms with van der Waals surface area (Å²) < 4.78 is 11.3. The van der Waals surface area contributed by atoms with Crippen LogP contribution in [-0.4, -0.2) is 13.2 Å². The molecular formula is C17H22Cl2O2. The Hall–Kier alpha value is -0.600. The van der Waals surface area contributed by atoms with Gasteiger partial charge in [0.1, 0.15) is 0 Å². The Labute approximate surface area is 136 Å². The first kappa shape index (κ1) is 15.3. The molecule has 21 heavy (non-hydrogen) atoms. The molecule has 0 saturated heterocycles. The maximum atomic E-state index is 6.72. The van der Waals surface area contributed by atoms with Crippen molar-refractivity contribution in [1.29, 1.82) is 0 Å². The summed E-state index contributed by atoms with van der Waals surface area (Å²) in [5.74, 6) is 3.83. The normalized spacial score (nSPS) is 28.1. The van der Waals surface area contributed by atoms with Crippen molar-refractivity contribution in [1.82, 2.24) is 0 Å². The monoisotopic (exact) mass is 328 g/mol. The lowest BCUT2D eigenvalue weighted by Crippen LogP contribution is -2.08. The van der Waals surface area contributed by atoms with E-state index in [1.807, 2.05) is 26.0 Å². The molecule has 1 aromatic carbocycles. The Balaban J connectivity index is 1.84. The third-order valence-corrected chi connectivity index (χ3v) is 5.57. The second-order valence-electron chi connectivity index (χ2n) is 6.08. The van der Waals surface area contributed by atoms with Gasteiger partial charge in [0, 0.05) is 11.1 Å². The predicted molar refractivity (Wildman–Crippen MR) is 86.7 cm³/mol. The largest absolute Gasteiger partial charge is 0.490 e. The van der Waals surface area contributed by atoms with Crippen LogP contribution in [-0.2, 0) is 0 Å². The van der Waals surface area contributed by atoms with Gasteiger partial charge in [-0.25, -0.2) is 0 Å². The van der Waals surface area contributed by atoms with Gasteiger partial charge in [-0.05, 0) is 62.5 Å². The van der Waals surface area contributed by atoms with E-state index in [1.54, 1.807) is 0 Å². The van der Waals surface area contributed by atoms with Gasteiger partial charge in [0.2, 0.25) is 0 Å². The molecule has 2 nitrogen and oxygen atoms in total. The fourth-order valence-electron chi connectivity index (χ4n) is 3.55. The molecule has 3 rings (SSSR count). The van der Waals surface area contributed by atoms with Crippen molar-refractivity contribution in [3.8, 4) is 11.5 Å². The second kappa shape index (κ2) is 6.26. The van der Waals surface area contributed by atoms with Crippen molar-refractivity contribution in [2.24, 2.45) is 17.8 Å². The van der Waals surface area contributed by atoms with Crippen LogP contribution in [0.15, 0.2) is 12.1 Å². The Morgan fingerprint density at radius 2 is 1.62 bits per heavy atom. The molecule has 1 aromatic rings. The van der Waals surface area contributed by atoms with E-state index in [4.69, 9.17) is 32.7 Å². The molecule has 2 fully saturated rings. The van der Waals surface area contributed by atoms with E-state index in [9.17, 15) is 0 Å². The van der Waals surface area contributed by atoms with Gasteiger partial charge in [-0.1, -0.05) is 11.6 Å². The van der Waals surface area contributed by atoms with Crippen LogP contribution in [0, 0.1) is 17.8 Å². The average molecular weight is 329 g/mol. The Kier molecular flexibility index (Phi) is 4.56. The van der Waals surface area contributed by atoms with Gasteiger partial charge < -0.3 is 9.47 Å². The summed E-state index contributed by atoms with van der Waals surface area (Å²) in [7, 11) is 0. The van der Waals surface area contributed by atoms with Gasteiger partial charge in [0.15, 0.2) is 11.5 Å². The second-order valence-corrected chi connectivity index (χ2v) is 6.95. The topological polar surface area (TPSA) is 18.5 Å². The van der Waals surface area contributed by atoms with Gasteiger partial charge in [-0.15, -0.1) is 11.6 Å². The third-order valence-electron chi connectivity index (χ3n) is 4.65. The van der Waals surface area contributed by atoms with Crippen LogP contribution in [0.25, 0.3) is 0 Å². The summed E-state index contributed by atoms with van der Waals surface area (Å²) in [5, 5.41) is 0.655. The summed E-state index contributed by atoms with van der Waals surface area (Å²) in [6, 6.07) is 3.81. The molecule has 0 spiro atoms. The first-order chi connectivity index (χ1) is 10.1. The fraction of sp³-hybridized carbons (Fsp3) is 0.647. The maximum Gasteiger partial charge on any atom is 0.162 e. The first-order valence-corrected chi connectivity index (χ1v) is 8.68. The highest BCUT2D eigenvalue weighted by Gasteiger charge is 2.48. The molecule has 2 saturated carbocycles. The number of ether oxygens (including phenoxy) is 2. The fourth-order valence-corrected chi connectivity index (χ4v) is 4.27. The lowest BCUT2D eigenvalue weighted by atomic mass is 9.94. The number of rotatable bonds is 6. The van der Waals surface area contributed by atoms with Crippen molar-refractivity contribution in [2.45, 2.75) is 38.5 Å². The minimum Gasteiger partial charge on any atom is -0.490 e. The van der Waals surface area contributed by atoms with Crippen molar-refractivity contribution >= 4 is 23.2 Å². The molecule has 2 aliphatic rings. The molecule has 0 bridgehead atoms. The Morgan fingerprint density at radius 1 is 1.05 bits per heavy atom. The van der Waals surface area contributed by atoms with E-state index >= 15 is 0 Å². The van der Waals surface area contributed by atoms with Crippen LogP contribution in [0.3, 0.4) is 0 Å². The highest BCUT2D eigenvalue weighted by molar-refractivity contribution is 6.33. The minimum absolute atomic E-state index is 0.0276. The molecule has 0 aromatic heterocycles. The van der Waals surface area contributed by atoms with Gasteiger partial charge in [0.25, 0.3) is 0 Å². The zero-order valence-electron chi connectivity index (χ0n) is 12.6. The molecule has 0 aliphatic heterocycles. The number of hydrogen-bond donors (Lipinski definition) is 0. The van der Waals surface area contributed by atoms with Crippen LogP contribution < -0.4 is 9.47 Å². The summed E-state index contributed by atoms with van der Waals surface area (Å²) in [4.78, 5) is 0. The predicted octanol–water partition coefficient (Wildman–Crippen LogP) is 5.46. The number of benzene rings is 1. The lowest BCUT2D eigenvalue weighted by molar-refractivity contribution is 0.287. The quantitative estimate of drug-likeness (QED) is 0.645. The summed E-state index contributed by atoms with van der Waals surface area (Å²) in [5.41, 5.74) is 0.983. The SMILES string of the molecule is CCOc1cc(Cl)c(C(Cl)C2CC3CC3C2)cc1OCC. The van der Waals surface area contributed by atoms with Crippen molar-refractivity contribution in [3.05, 3.63) is 22.7 Å². The van der Waals surface area contributed by atoms with Crippen LogP contribution >= 0.6 is 23.2 Å². The van der Waals surface area contributed by atoms with Crippen LogP contribution in [0.1, 0.15) is 44.1 Å². The van der Waals surface area contributed by atoms with Gasteiger partial charge in [0.05, 0.1) is 18.6 Å². The Morgan fingerprint density at radius 3 is 2.19 bits per heavy atom. The van der Waals surface area contributed by atoms with Crippen molar-refractivity contribution in [2.75, 3.05) is 13.2 Å². The Bertz CT molecular complexity index is 508. The van der Waals surface area contributed by atoms with Crippen molar-refractivity contribution in [3.63, 3.8) is 0 Å². The van der Waals surface area contributed by atoms with E-state index in [0.717, 1.165) is 23.1 Å². The third kappa shape index (κ3) is 3.12. The number of alkyl halides is 1. The van der Waals surface area contributed by atoms with Gasteiger partial charge >= 0.3 is 0 Å². The summed E-state index contributed by atoms with van der Waals surface area (Å²) in [6.07, 6.45) is 3.89. The maximum absolute atomic E-state index is 6.72. The van der Waals surface area contributed by atoms with Gasteiger partial charge in [-0.3, -0.25) is 0 Å². The first-order valence-electron chi connectivity index (χ1n) is 7.87. The zero-order valence-corrected chi connectivity index (χ0v) is 14.1. The van der Waals surface area contributed by atoms with Crippen LogP contribution in [0.5, 0.6) is 11.5 Å². The summed E-state index contributed by atoms with van der Waals surface area (Å²) in [6.45, 7) is 5.10. The van der Waals surface area contributed by atoms with E-state index in [1.165, 1.54) is 19.3 Å². The lowest BCUT2D eigenvalue weighted by Gasteiger charge is -2.22. The minimum atomic E-state index is -0.0276. The average Bonchev–Trinajstić information content (AvgIpc) is 3.07. The van der Waals surface area contributed by atoms with E-state index in [0.29, 0.717) is 29.9 Å². The molecule has 0 amide bonds. The van der Waals surface area contributed by atoms with Gasteiger partial charge in [-0.2, -0.15) is 0 Å². The molecule has 3 unspecified atom stereocenters. The highest BCUT2D eigenvalue weighted by Crippen LogP contribution is 2.59. The van der Waals surface area contributed by atoms with Crippen LogP contribution in [0.4, 0.5) is 0 Å². The van der Waals surface area contributed by atoms with E-state index < -0.39 is 0 Å². The number of halogens is 2. The molecule has 4 heteroatoms. The molecular weight excluding hydrogens is 307 g/mol. The zero-order chi connectivity index (χ0) is 15.0.